The molecular formula is C33H39F2N5O8S. The minimum absolute atomic E-state index is 0.0352. The highest BCUT2D eigenvalue weighted by Crippen LogP contribution is 2.45. The number of carbonyl (C=O) groups is 5. The van der Waals surface area contributed by atoms with Crippen molar-refractivity contribution in [1.29, 1.82) is 0 Å². The van der Waals surface area contributed by atoms with Crippen LogP contribution in [0.25, 0.3) is 6.08 Å². The van der Waals surface area contributed by atoms with Gasteiger partial charge < -0.3 is 20.3 Å². The van der Waals surface area contributed by atoms with E-state index in [9.17, 15) is 41.2 Å². The first kappa shape index (κ1) is 34.5. The second kappa shape index (κ2) is 13.5. The lowest BCUT2D eigenvalue weighted by Gasteiger charge is -2.29. The number of hydrogen-bond donors (Lipinski definition) is 3. The molecule has 49 heavy (non-hydrogen) atoms. The SMILES string of the molecule is C=C[C@@H]1C[C@]1(NC(=O)[C@@H]1C[C@@H]2CN1C(=O)[C@H](CC(F)F)NC(=O)CCCC=Cc1cccc3c1CN(C3)C(=O)O2)C(=O)NS(=O)(=O)C1CC1. The average Bonchev–Trinajstić information content (AvgIpc) is 3.94. The van der Waals surface area contributed by atoms with E-state index in [1.807, 2.05) is 30.4 Å². The Morgan fingerprint density at radius 1 is 1.18 bits per heavy atom. The zero-order chi connectivity index (χ0) is 35.1. The standard InChI is InChI=1S/C33H39F2N5O8S/c1-2-21-15-33(21,31(44)38-49(46,47)23-11-12-23)37-29(42)26-13-22-17-40(26)30(43)25(14-27(34)35)36-28(41)10-5-3-4-7-19-8-6-9-20-16-39(18-24(19)20)32(45)48-22/h2,4,6-9,21-23,25-27H,1,3,5,10-18H2,(H,36,41)(H,37,42)(H,38,44)/t21-,22-,25+,26+,33-/m1/s1. The molecular weight excluding hydrogens is 664 g/mol. The number of sulfonamides is 1. The van der Waals surface area contributed by atoms with Gasteiger partial charge >= 0.3 is 6.09 Å². The van der Waals surface area contributed by atoms with E-state index in [0.717, 1.165) is 21.6 Å². The molecule has 3 heterocycles. The van der Waals surface area contributed by atoms with Crippen LogP contribution in [0.4, 0.5) is 13.6 Å². The quantitative estimate of drug-likeness (QED) is 0.346. The summed E-state index contributed by atoms with van der Waals surface area (Å²) in [6.45, 7) is 3.87. The fourth-order valence-electron chi connectivity index (χ4n) is 6.80. The topological polar surface area (TPSA) is 171 Å². The first-order valence-electron chi connectivity index (χ1n) is 16.4. The number of carbonyl (C=O) groups excluding carboxylic acids is 5. The zero-order valence-corrected chi connectivity index (χ0v) is 27.6. The van der Waals surface area contributed by atoms with Gasteiger partial charge in [0, 0.05) is 31.7 Å². The Kier molecular flexibility index (Phi) is 9.52. The van der Waals surface area contributed by atoms with Gasteiger partial charge in [-0.3, -0.25) is 28.8 Å². The summed E-state index contributed by atoms with van der Waals surface area (Å²) in [7, 11) is -3.96. The average molecular weight is 704 g/mol. The summed E-state index contributed by atoms with van der Waals surface area (Å²) >= 11 is 0. The van der Waals surface area contributed by atoms with E-state index < -0.39 is 87.5 Å². The molecule has 0 radical (unpaired) electrons. The summed E-state index contributed by atoms with van der Waals surface area (Å²) in [6, 6.07) is 2.62. The van der Waals surface area contributed by atoms with Crippen LogP contribution in [-0.4, -0.2) is 89.9 Å². The highest BCUT2D eigenvalue weighted by molar-refractivity contribution is 7.91. The molecule has 6 rings (SSSR count). The van der Waals surface area contributed by atoms with E-state index in [4.69, 9.17) is 4.74 Å². The Bertz CT molecular complexity index is 1700. The number of alkyl halides is 2. The molecule has 0 spiro atoms. The summed E-state index contributed by atoms with van der Waals surface area (Å²) in [5.41, 5.74) is 1.12. The summed E-state index contributed by atoms with van der Waals surface area (Å²) < 4.78 is 60.4. The third-order valence-electron chi connectivity index (χ3n) is 9.76. The summed E-state index contributed by atoms with van der Waals surface area (Å²) in [4.78, 5) is 69.8. The van der Waals surface area contributed by atoms with Gasteiger partial charge in [0.05, 0.1) is 18.3 Å². The molecule has 264 valence electrons. The molecule has 1 aromatic carbocycles. The number of nitrogens with zero attached hydrogens (tertiary/aromatic N) is 2. The number of hydrogen-bond acceptors (Lipinski definition) is 8. The number of fused-ring (bicyclic) bond motifs is 3. The third-order valence-corrected chi connectivity index (χ3v) is 11.6. The number of rotatable bonds is 8. The molecule has 5 aliphatic rings. The van der Waals surface area contributed by atoms with E-state index in [1.165, 1.54) is 11.0 Å². The molecule has 1 saturated heterocycles. The minimum Gasteiger partial charge on any atom is -0.444 e. The fraction of sp³-hybridized carbons (Fsp3) is 0.545. The highest BCUT2D eigenvalue weighted by Gasteiger charge is 2.62. The maximum atomic E-state index is 13.9. The Hall–Kier alpha value is -4.34. The maximum absolute atomic E-state index is 13.9. The van der Waals surface area contributed by atoms with Crippen molar-refractivity contribution in [2.75, 3.05) is 6.54 Å². The molecule has 1 aromatic rings. The molecule has 4 bridgehead atoms. The first-order chi connectivity index (χ1) is 23.3. The monoisotopic (exact) mass is 703 g/mol. The van der Waals surface area contributed by atoms with Crippen LogP contribution in [0.1, 0.15) is 68.1 Å². The van der Waals surface area contributed by atoms with Crippen LogP contribution < -0.4 is 15.4 Å². The number of amides is 5. The summed E-state index contributed by atoms with van der Waals surface area (Å²) in [5.74, 6) is -4.02. The van der Waals surface area contributed by atoms with Gasteiger partial charge in [-0.05, 0) is 48.8 Å². The van der Waals surface area contributed by atoms with Crippen molar-refractivity contribution in [2.24, 2.45) is 5.92 Å². The maximum Gasteiger partial charge on any atom is 0.410 e. The van der Waals surface area contributed by atoms with Crippen molar-refractivity contribution >= 4 is 45.8 Å². The van der Waals surface area contributed by atoms with Crippen molar-refractivity contribution < 1.29 is 45.9 Å². The van der Waals surface area contributed by atoms with Crippen LogP contribution in [-0.2, 0) is 47.0 Å². The molecule has 13 nitrogen and oxygen atoms in total. The fourth-order valence-corrected chi connectivity index (χ4v) is 8.17. The van der Waals surface area contributed by atoms with Gasteiger partial charge in [-0.1, -0.05) is 36.4 Å². The molecule has 16 heteroatoms. The number of nitrogens with one attached hydrogen (secondary N) is 3. The largest absolute Gasteiger partial charge is 0.444 e. The third kappa shape index (κ3) is 7.33. The lowest BCUT2D eigenvalue weighted by molar-refractivity contribution is -0.143. The van der Waals surface area contributed by atoms with Crippen LogP contribution in [0.15, 0.2) is 36.9 Å². The first-order valence-corrected chi connectivity index (χ1v) is 18.0. The molecule has 5 amide bonds. The van der Waals surface area contributed by atoms with E-state index in [0.29, 0.717) is 25.7 Å². The lowest BCUT2D eigenvalue weighted by atomic mass is 10.0. The molecule has 0 aromatic heterocycles. The van der Waals surface area contributed by atoms with Gasteiger partial charge in [0.15, 0.2) is 0 Å². The van der Waals surface area contributed by atoms with Gasteiger partial charge in [0.1, 0.15) is 23.7 Å². The van der Waals surface area contributed by atoms with Crippen molar-refractivity contribution in [3.05, 3.63) is 53.6 Å². The number of halogens is 2. The molecule has 5 atom stereocenters. The Morgan fingerprint density at radius 2 is 1.96 bits per heavy atom. The highest BCUT2D eigenvalue weighted by atomic mass is 32.2. The van der Waals surface area contributed by atoms with Gasteiger partial charge in [0.2, 0.25) is 34.2 Å². The number of ether oxygens (including phenoxy) is 1. The molecule has 3 N–H and O–H groups in total. The van der Waals surface area contributed by atoms with E-state index in [2.05, 4.69) is 21.9 Å². The second-order valence-electron chi connectivity index (χ2n) is 13.3. The lowest BCUT2D eigenvalue weighted by Crippen LogP contribution is -2.58. The van der Waals surface area contributed by atoms with Crippen LogP contribution in [0.5, 0.6) is 0 Å². The van der Waals surface area contributed by atoms with Gasteiger partial charge in [0.25, 0.3) is 5.91 Å². The molecule has 3 fully saturated rings. The Balaban J connectivity index is 1.27. The normalized spacial score (nSPS) is 28.8. The van der Waals surface area contributed by atoms with Gasteiger partial charge in [-0.15, -0.1) is 6.58 Å². The van der Waals surface area contributed by atoms with Gasteiger partial charge in [-0.25, -0.2) is 22.0 Å². The minimum atomic E-state index is -3.96. The van der Waals surface area contributed by atoms with Crippen LogP contribution >= 0.6 is 0 Å². The molecule has 2 saturated carbocycles. The molecule has 3 aliphatic heterocycles. The van der Waals surface area contributed by atoms with Crippen LogP contribution in [0, 0.1) is 5.92 Å². The molecule has 2 aliphatic carbocycles. The van der Waals surface area contributed by atoms with Crippen molar-refractivity contribution in [3.63, 3.8) is 0 Å². The number of allylic oxidation sites excluding steroid dienone is 1. The summed E-state index contributed by atoms with van der Waals surface area (Å²) in [5, 5.41) is 4.30. The Labute approximate surface area is 282 Å². The van der Waals surface area contributed by atoms with E-state index >= 15 is 0 Å². The number of benzene rings is 1. The van der Waals surface area contributed by atoms with E-state index in [1.54, 1.807) is 0 Å². The van der Waals surface area contributed by atoms with E-state index in [-0.39, 0.29) is 38.9 Å². The van der Waals surface area contributed by atoms with Crippen LogP contribution in [0.2, 0.25) is 0 Å². The predicted molar refractivity (Wildman–Crippen MR) is 171 cm³/mol. The van der Waals surface area contributed by atoms with Crippen molar-refractivity contribution in [1.82, 2.24) is 25.2 Å². The van der Waals surface area contributed by atoms with Crippen molar-refractivity contribution in [3.8, 4) is 0 Å². The second-order valence-corrected chi connectivity index (χ2v) is 15.3. The van der Waals surface area contributed by atoms with Gasteiger partial charge in [-0.2, -0.15) is 0 Å². The summed E-state index contributed by atoms with van der Waals surface area (Å²) in [6.07, 6.45) is 0.942. The zero-order valence-electron chi connectivity index (χ0n) is 26.7. The van der Waals surface area contributed by atoms with Crippen molar-refractivity contribution in [2.45, 2.75) is 99.9 Å². The predicted octanol–water partition coefficient (Wildman–Crippen LogP) is 2.11. The smallest absolute Gasteiger partial charge is 0.410 e. The molecule has 0 unspecified atom stereocenters. The van der Waals surface area contributed by atoms with Crippen LogP contribution in [0.3, 0.4) is 0 Å². The Morgan fingerprint density at radius 3 is 2.65 bits per heavy atom.